The number of ether oxygens (including phenoxy) is 4. The molecule has 0 spiro atoms. The summed E-state index contributed by atoms with van der Waals surface area (Å²) in [5.41, 5.74) is 2.00. The van der Waals surface area contributed by atoms with Crippen molar-refractivity contribution >= 4 is 17.4 Å². The second-order valence-electron chi connectivity index (χ2n) is 10.1. The van der Waals surface area contributed by atoms with E-state index >= 15 is 0 Å². The number of benzene rings is 2. The molecule has 2 aliphatic heterocycles. The number of aliphatic hydroxyl groups excluding tert-OH is 1. The number of nitrogens with zero attached hydrogens (tertiary/aromatic N) is 2. The van der Waals surface area contributed by atoms with Crippen LogP contribution in [0.5, 0.6) is 17.2 Å². The van der Waals surface area contributed by atoms with E-state index in [4.69, 9.17) is 18.9 Å². The molecule has 0 bridgehead atoms. The maximum Gasteiger partial charge on any atom is 0.295 e. The Bertz CT molecular complexity index is 1240. The summed E-state index contributed by atoms with van der Waals surface area (Å²) in [5, 5.41) is 11.5. The molecule has 2 saturated heterocycles. The predicted molar refractivity (Wildman–Crippen MR) is 152 cm³/mol. The fraction of sp³-hybridized carbons (Fsp3) is 0.484. The van der Waals surface area contributed by atoms with Crippen molar-refractivity contribution in [3.05, 3.63) is 58.7 Å². The van der Waals surface area contributed by atoms with Crippen molar-refractivity contribution in [3.8, 4) is 17.2 Å². The lowest BCUT2D eigenvalue weighted by atomic mass is 9.94. The SMILES string of the molecule is CCCCOc1ccc(C(O)=C2C(=O)C(=O)N(CCCN3CCOCC3)[C@@H]2c2ccc(OC)c(OC)c2)cc1C. The summed E-state index contributed by atoms with van der Waals surface area (Å²) < 4.78 is 22.2. The van der Waals surface area contributed by atoms with E-state index in [0.29, 0.717) is 55.4 Å². The zero-order valence-corrected chi connectivity index (χ0v) is 23.9. The Kier molecular flexibility index (Phi) is 10.1. The van der Waals surface area contributed by atoms with Gasteiger partial charge in [0.05, 0.1) is 45.7 Å². The first kappa shape index (κ1) is 29.4. The highest BCUT2D eigenvalue weighted by Gasteiger charge is 2.46. The maximum absolute atomic E-state index is 13.5. The molecular formula is C31H40N2O7. The predicted octanol–water partition coefficient (Wildman–Crippen LogP) is 4.34. The minimum absolute atomic E-state index is 0.0580. The van der Waals surface area contributed by atoms with Crippen molar-refractivity contribution in [1.82, 2.24) is 9.80 Å². The van der Waals surface area contributed by atoms with Crippen LogP contribution in [-0.2, 0) is 14.3 Å². The monoisotopic (exact) mass is 552 g/mol. The van der Waals surface area contributed by atoms with Crippen LogP contribution in [0.4, 0.5) is 0 Å². The topological polar surface area (TPSA) is 97.8 Å². The van der Waals surface area contributed by atoms with Crippen LogP contribution in [0.1, 0.15) is 48.9 Å². The van der Waals surface area contributed by atoms with Gasteiger partial charge in [-0.15, -0.1) is 0 Å². The fourth-order valence-corrected chi connectivity index (χ4v) is 5.21. The first-order valence-electron chi connectivity index (χ1n) is 13.9. The maximum atomic E-state index is 13.5. The molecule has 9 nitrogen and oxygen atoms in total. The van der Waals surface area contributed by atoms with E-state index < -0.39 is 17.7 Å². The van der Waals surface area contributed by atoms with Gasteiger partial charge in [0, 0.05) is 31.7 Å². The summed E-state index contributed by atoms with van der Waals surface area (Å²) in [7, 11) is 3.08. The molecule has 1 N–H and O–H groups in total. The van der Waals surface area contributed by atoms with Crippen LogP contribution in [0.2, 0.25) is 0 Å². The molecule has 2 aromatic rings. The van der Waals surface area contributed by atoms with Gasteiger partial charge in [0.25, 0.3) is 11.7 Å². The Morgan fingerprint density at radius 3 is 2.38 bits per heavy atom. The van der Waals surface area contributed by atoms with Crippen molar-refractivity contribution < 1.29 is 33.6 Å². The van der Waals surface area contributed by atoms with E-state index in [0.717, 1.165) is 43.8 Å². The number of ketones is 1. The molecule has 2 heterocycles. The third-order valence-electron chi connectivity index (χ3n) is 7.44. The number of hydrogen-bond donors (Lipinski definition) is 1. The van der Waals surface area contributed by atoms with Crippen LogP contribution >= 0.6 is 0 Å². The van der Waals surface area contributed by atoms with Gasteiger partial charge in [-0.05, 0) is 61.2 Å². The number of hydrogen-bond acceptors (Lipinski definition) is 8. The summed E-state index contributed by atoms with van der Waals surface area (Å²) >= 11 is 0. The average molecular weight is 553 g/mol. The van der Waals surface area contributed by atoms with Crippen LogP contribution in [0.25, 0.3) is 5.76 Å². The molecule has 4 rings (SSSR count). The molecule has 2 aromatic carbocycles. The van der Waals surface area contributed by atoms with E-state index in [1.807, 2.05) is 6.92 Å². The minimum atomic E-state index is -0.773. The van der Waals surface area contributed by atoms with Crippen molar-refractivity contribution in [2.45, 2.75) is 39.2 Å². The van der Waals surface area contributed by atoms with Crippen LogP contribution in [0.15, 0.2) is 42.0 Å². The van der Waals surface area contributed by atoms with E-state index in [-0.39, 0.29) is 11.3 Å². The number of morpholine rings is 1. The molecule has 0 aromatic heterocycles. The molecule has 9 heteroatoms. The van der Waals surface area contributed by atoms with Crippen LogP contribution in [0.3, 0.4) is 0 Å². The fourth-order valence-electron chi connectivity index (χ4n) is 5.21. The number of methoxy groups -OCH3 is 2. The number of likely N-dealkylation sites (tertiary alicyclic amines) is 1. The number of aryl methyl sites for hydroxylation is 1. The third kappa shape index (κ3) is 6.42. The molecular weight excluding hydrogens is 512 g/mol. The molecule has 2 fully saturated rings. The van der Waals surface area contributed by atoms with Gasteiger partial charge in [-0.1, -0.05) is 19.4 Å². The molecule has 0 aliphatic carbocycles. The highest BCUT2D eigenvalue weighted by atomic mass is 16.5. The third-order valence-corrected chi connectivity index (χ3v) is 7.44. The summed E-state index contributed by atoms with van der Waals surface area (Å²) in [4.78, 5) is 30.7. The highest BCUT2D eigenvalue weighted by molar-refractivity contribution is 6.46. The van der Waals surface area contributed by atoms with Gasteiger partial charge in [0.2, 0.25) is 0 Å². The van der Waals surface area contributed by atoms with Crippen molar-refractivity contribution in [2.24, 2.45) is 0 Å². The number of rotatable bonds is 12. The van der Waals surface area contributed by atoms with Crippen LogP contribution < -0.4 is 14.2 Å². The quantitative estimate of drug-likeness (QED) is 0.180. The number of amides is 1. The summed E-state index contributed by atoms with van der Waals surface area (Å²) in [6.45, 7) is 8.82. The van der Waals surface area contributed by atoms with Gasteiger partial charge in [0.15, 0.2) is 11.5 Å². The van der Waals surface area contributed by atoms with Gasteiger partial charge < -0.3 is 29.0 Å². The van der Waals surface area contributed by atoms with E-state index in [1.165, 1.54) is 7.11 Å². The highest BCUT2D eigenvalue weighted by Crippen LogP contribution is 2.42. The second-order valence-corrected chi connectivity index (χ2v) is 10.1. The smallest absolute Gasteiger partial charge is 0.295 e. The lowest BCUT2D eigenvalue weighted by Gasteiger charge is -2.29. The number of aliphatic hydroxyl groups is 1. The summed E-state index contributed by atoms with van der Waals surface area (Å²) in [6, 6.07) is 9.84. The standard InChI is InChI=1S/C31H40N2O7/c1-5-6-16-40-24-10-9-23(19-21(24)2)29(34)27-28(22-8-11-25(37-3)26(20-22)38-4)33(31(36)30(27)35)13-7-12-32-14-17-39-18-15-32/h8-11,19-20,28,34H,5-7,12-18H2,1-4H3/t28-/m1/s1. The average Bonchev–Trinajstić information content (AvgIpc) is 3.23. The normalized spacial score (nSPS) is 19.2. The Balaban J connectivity index is 1.70. The summed E-state index contributed by atoms with van der Waals surface area (Å²) in [6.07, 6.45) is 2.65. The van der Waals surface area contributed by atoms with Crippen LogP contribution in [-0.4, -0.2) is 86.8 Å². The minimum Gasteiger partial charge on any atom is -0.507 e. The molecule has 1 amide bonds. The van der Waals surface area contributed by atoms with Crippen LogP contribution in [0, 0.1) is 6.92 Å². The Morgan fingerprint density at radius 2 is 1.70 bits per heavy atom. The zero-order valence-electron chi connectivity index (χ0n) is 23.9. The van der Waals surface area contributed by atoms with E-state index in [9.17, 15) is 14.7 Å². The number of Topliss-reactive ketones (excluding diaryl/α,β-unsaturated/α-hetero) is 1. The molecule has 0 radical (unpaired) electrons. The van der Waals surface area contributed by atoms with Gasteiger partial charge in [0.1, 0.15) is 11.5 Å². The molecule has 216 valence electrons. The van der Waals surface area contributed by atoms with Gasteiger partial charge in [-0.3, -0.25) is 14.5 Å². The Morgan fingerprint density at radius 1 is 0.975 bits per heavy atom. The van der Waals surface area contributed by atoms with Gasteiger partial charge in [-0.25, -0.2) is 0 Å². The number of unbranched alkanes of at least 4 members (excludes halogenated alkanes) is 1. The zero-order chi connectivity index (χ0) is 28.6. The second kappa shape index (κ2) is 13.7. The van der Waals surface area contributed by atoms with E-state index in [1.54, 1.807) is 48.4 Å². The first-order chi connectivity index (χ1) is 19.4. The number of carbonyl (C=O) groups is 2. The lowest BCUT2D eigenvalue weighted by Crippen LogP contribution is -2.38. The molecule has 0 unspecified atom stereocenters. The Labute approximate surface area is 236 Å². The number of carbonyl (C=O) groups excluding carboxylic acids is 2. The Hall–Kier alpha value is -3.56. The van der Waals surface area contributed by atoms with Gasteiger partial charge in [-0.2, -0.15) is 0 Å². The molecule has 0 saturated carbocycles. The first-order valence-corrected chi connectivity index (χ1v) is 13.9. The molecule has 1 atom stereocenters. The van der Waals surface area contributed by atoms with E-state index in [2.05, 4.69) is 11.8 Å². The molecule has 2 aliphatic rings. The van der Waals surface area contributed by atoms with Crippen molar-refractivity contribution in [1.29, 1.82) is 0 Å². The molecule has 40 heavy (non-hydrogen) atoms. The largest absolute Gasteiger partial charge is 0.507 e. The lowest BCUT2D eigenvalue weighted by molar-refractivity contribution is -0.140. The van der Waals surface area contributed by atoms with Crippen molar-refractivity contribution in [2.75, 3.05) is 60.2 Å². The summed E-state index contributed by atoms with van der Waals surface area (Å²) in [5.74, 6) is 0.194. The van der Waals surface area contributed by atoms with Crippen molar-refractivity contribution in [3.63, 3.8) is 0 Å². The van der Waals surface area contributed by atoms with Gasteiger partial charge >= 0.3 is 0 Å².